The van der Waals surface area contributed by atoms with Crippen LogP contribution in [0.4, 0.5) is 4.79 Å². The minimum absolute atomic E-state index is 0.216. The van der Waals surface area contributed by atoms with Crippen LogP contribution in [0, 0.1) is 11.3 Å². The average Bonchev–Trinajstić information content (AvgIpc) is 3.21. The van der Waals surface area contributed by atoms with Crippen molar-refractivity contribution in [3.05, 3.63) is 0 Å². The molecule has 0 aromatic carbocycles. The molecule has 2 aliphatic rings. The van der Waals surface area contributed by atoms with Crippen LogP contribution in [0.2, 0.25) is 0 Å². The van der Waals surface area contributed by atoms with Gasteiger partial charge in [-0.05, 0) is 46.0 Å². The number of carbonyl (C=O) groups is 1. The second kappa shape index (κ2) is 4.82. The molecule has 114 valence electrons. The smallest absolute Gasteiger partial charge is 0.410 e. The van der Waals surface area contributed by atoms with E-state index in [1.807, 2.05) is 20.8 Å². The van der Waals surface area contributed by atoms with Crippen molar-refractivity contribution in [1.82, 2.24) is 4.90 Å². The highest BCUT2D eigenvalue weighted by Gasteiger charge is 2.53. The van der Waals surface area contributed by atoms with Crippen molar-refractivity contribution in [2.45, 2.75) is 58.6 Å². The van der Waals surface area contributed by atoms with Gasteiger partial charge in [0.15, 0.2) is 0 Å². The predicted octanol–water partition coefficient (Wildman–Crippen LogP) is 2.16. The molecule has 2 atom stereocenters. The fourth-order valence-corrected chi connectivity index (χ4v) is 2.45. The van der Waals surface area contributed by atoms with Crippen LogP contribution in [-0.2, 0) is 4.74 Å². The summed E-state index contributed by atoms with van der Waals surface area (Å²) in [6.45, 7) is 8.17. The summed E-state index contributed by atoms with van der Waals surface area (Å²) in [6, 6.07) is 0.216. The molecule has 0 aromatic heterocycles. The summed E-state index contributed by atoms with van der Waals surface area (Å²) >= 11 is 0. The number of oxime groups is 1. The third-order valence-corrected chi connectivity index (χ3v) is 4.07. The summed E-state index contributed by atoms with van der Waals surface area (Å²) in [5.41, 5.74) is 4.90. The number of hydrogen-bond acceptors (Lipinski definition) is 4. The molecule has 20 heavy (non-hydrogen) atoms. The normalized spacial score (nSPS) is 27.9. The van der Waals surface area contributed by atoms with E-state index in [4.69, 9.17) is 15.7 Å². The Balaban J connectivity index is 2.08. The molecule has 3 N–H and O–H groups in total. The fraction of sp³-hybridized carbons (Fsp3) is 0.857. The van der Waals surface area contributed by atoms with E-state index in [0.29, 0.717) is 12.5 Å². The molecule has 2 rings (SSSR count). The Bertz CT molecular complexity index is 424. The second-order valence-corrected chi connectivity index (χ2v) is 7.15. The van der Waals surface area contributed by atoms with Gasteiger partial charge in [-0.15, -0.1) is 0 Å². The highest BCUT2D eigenvalue weighted by atomic mass is 16.6. The van der Waals surface area contributed by atoms with Gasteiger partial charge in [-0.25, -0.2) is 4.79 Å². The van der Waals surface area contributed by atoms with Gasteiger partial charge in [-0.2, -0.15) is 0 Å². The van der Waals surface area contributed by atoms with Crippen molar-refractivity contribution in [1.29, 1.82) is 0 Å². The number of amidine groups is 1. The van der Waals surface area contributed by atoms with Crippen LogP contribution in [-0.4, -0.2) is 40.2 Å². The van der Waals surface area contributed by atoms with Crippen molar-refractivity contribution < 1.29 is 14.7 Å². The molecule has 0 radical (unpaired) electrons. The Morgan fingerprint density at radius 3 is 2.40 bits per heavy atom. The predicted molar refractivity (Wildman–Crippen MR) is 75.6 cm³/mol. The molecule has 0 spiro atoms. The quantitative estimate of drug-likeness (QED) is 0.358. The molecule has 2 saturated carbocycles. The molecule has 6 nitrogen and oxygen atoms in total. The Labute approximate surface area is 119 Å². The Hall–Kier alpha value is -1.46. The molecular weight excluding hydrogens is 258 g/mol. The van der Waals surface area contributed by atoms with Crippen LogP contribution >= 0.6 is 0 Å². The van der Waals surface area contributed by atoms with Gasteiger partial charge in [0, 0.05) is 18.0 Å². The molecular formula is C14H25N3O3. The van der Waals surface area contributed by atoms with Crippen molar-refractivity contribution in [2.75, 3.05) is 6.54 Å². The number of nitrogens with zero attached hydrogens (tertiary/aromatic N) is 2. The third kappa shape index (κ3) is 3.16. The van der Waals surface area contributed by atoms with E-state index in [0.717, 1.165) is 19.3 Å². The summed E-state index contributed by atoms with van der Waals surface area (Å²) in [5, 5.41) is 12.0. The van der Waals surface area contributed by atoms with Crippen LogP contribution < -0.4 is 5.73 Å². The average molecular weight is 283 g/mol. The second-order valence-electron chi connectivity index (χ2n) is 7.15. The first kappa shape index (κ1) is 14.9. The van der Waals surface area contributed by atoms with Crippen molar-refractivity contribution in [3.8, 4) is 0 Å². The third-order valence-electron chi connectivity index (χ3n) is 4.07. The monoisotopic (exact) mass is 283 g/mol. The van der Waals surface area contributed by atoms with E-state index < -0.39 is 5.60 Å². The maximum Gasteiger partial charge on any atom is 0.410 e. The number of amides is 1. The number of nitrogens with two attached hydrogens (primary N) is 1. The van der Waals surface area contributed by atoms with Crippen LogP contribution in [0.3, 0.4) is 0 Å². The lowest BCUT2D eigenvalue weighted by Gasteiger charge is -2.30. The van der Waals surface area contributed by atoms with E-state index >= 15 is 0 Å². The summed E-state index contributed by atoms with van der Waals surface area (Å²) in [4.78, 5) is 14.1. The standard InChI is InChI=1S/C14H25N3O3/c1-9-7-10(9)17(12(18)20-13(2,3)4)8-14(5-6-14)11(15)16-19/h9-10,19H,5-8H2,1-4H3,(H2,15,16)/t9-,10-/m1/s1. The van der Waals surface area contributed by atoms with Gasteiger partial charge in [-0.1, -0.05) is 12.1 Å². The summed E-state index contributed by atoms with van der Waals surface area (Å²) in [7, 11) is 0. The SMILES string of the molecule is C[C@@H]1C[C@H]1N(CC1(C(N)=NO)CC1)C(=O)OC(C)(C)C. The van der Waals surface area contributed by atoms with Crippen molar-refractivity contribution in [3.63, 3.8) is 0 Å². The van der Waals surface area contributed by atoms with Gasteiger partial charge in [0.2, 0.25) is 0 Å². The van der Waals surface area contributed by atoms with Gasteiger partial charge in [-0.3, -0.25) is 0 Å². The summed E-state index contributed by atoms with van der Waals surface area (Å²) < 4.78 is 5.48. The maximum atomic E-state index is 12.4. The molecule has 0 bridgehead atoms. The first-order valence-corrected chi connectivity index (χ1v) is 7.16. The van der Waals surface area contributed by atoms with Crippen LogP contribution in [0.25, 0.3) is 0 Å². The van der Waals surface area contributed by atoms with Gasteiger partial charge in [0.05, 0.1) is 0 Å². The maximum absolute atomic E-state index is 12.4. The molecule has 6 heteroatoms. The molecule has 0 aromatic rings. The zero-order chi connectivity index (χ0) is 15.1. The first-order chi connectivity index (χ1) is 9.18. The lowest BCUT2D eigenvalue weighted by atomic mass is 10.1. The first-order valence-electron chi connectivity index (χ1n) is 7.16. The molecule has 2 fully saturated rings. The Kier molecular flexibility index (Phi) is 3.60. The highest BCUT2D eigenvalue weighted by Crippen LogP contribution is 2.49. The Morgan fingerprint density at radius 1 is 1.50 bits per heavy atom. The van der Waals surface area contributed by atoms with Gasteiger partial charge >= 0.3 is 6.09 Å². The summed E-state index contributed by atoms with van der Waals surface area (Å²) in [5.74, 6) is 0.713. The van der Waals surface area contributed by atoms with Gasteiger partial charge in [0.1, 0.15) is 11.4 Å². The highest BCUT2D eigenvalue weighted by molar-refractivity contribution is 5.89. The zero-order valence-electron chi connectivity index (χ0n) is 12.7. The molecule has 0 heterocycles. The lowest BCUT2D eigenvalue weighted by molar-refractivity contribution is 0.0202. The van der Waals surface area contributed by atoms with E-state index in [9.17, 15) is 4.79 Å². The van der Waals surface area contributed by atoms with E-state index in [-0.39, 0.29) is 23.4 Å². The number of rotatable bonds is 4. The number of hydrogen-bond donors (Lipinski definition) is 2. The van der Waals surface area contributed by atoms with E-state index in [2.05, 4.69) is 12.1 Å². The number of ether oxygens (including phenoxy) is 1. The zero-order valence-corrected chi connectivity index (χ0v) is 12.7. The minimum Gasteiger partial charge on any atom is -0.444 e. The van der Waals surface area contributed by atoms with Crippen molar-refractivity contribution in [2.24, 2.45) is 22.2 Å². The molecule has 0 unspecified atom stereocenters. The fourth-order valence-electron chi connectivity index (χ4n) is 2.45. The molecule has 0 aliphatic heterocycles. The van der Waals surface area contributed by atoms with Crippen LogP contribution in [0.1, 0.15) is 47.0 Å². The van der Waals surface area contributed by atoms with Gasteiger partial charge < -0.3 is 20.6 Å². The van der Waals surface area contributed by atoms with Crippen molar-refractivity contribution >= 4 is 11.9 Å². The molecule has 0 saturated heterocycles. The minimum atomic E-state index is -0.513. The van der Waals surface area contributed by atoms with Gasteiger partial charge in [0.25, 0.3) is 0 Å². The number of carbonyl (C=O) groups excluding carboxylic acids is 1. The topological polar surface area (TPSA) is 88.1 Å². The van der Waals surface area contributed by atoms with Crippen LogP contribution in [0.5, 0.6) is 0 Å². The Morgan fingerprint density at radius 2 is 2.05 bits per heavy atom. The molecule has 2 aliphatic carbocycles. The summed E-state index contributed by atoms with van der Waals surface area (Å²) in [6.07, 6.45) is 2.39. The van der Waals surface area contributed by atoms with E-state index in [1.165, 1.54) is 0 Å². The molecule has 1 amide bonds. The largest absolute Gasteiger partial charge is 0.444 e. The van der Waals surface area contributed by atoms with E-state index in [1.54, 1.807) is 4.90 Å². The lowest BCUT2D eigenvalue weighted by Crippen LogP contribution is -2.45. The van der Waals surface area contributed by atoms with Crippen LogP contribution in [0.15, 0.2) is 5.16 Å².